The molecule has 0 saturated heterocycles. The van der Waals surface area contributed by atoms with Crippen molar-refractivity contribution in [1.29, 1.82) is 0 Å². The standard InChI is InChI=1S/C9H11FO2/c10-9-3-1-2-7(6-12)8(9)4-5-11/h1-3,11-12H,4-6H2. The molecule has 0 aliphatic rings. The quantitative estimate of drug-likeness (QED) is 0.706. The molecular formula is C9H11FO2. The molecule has 0 fully saturated rings. The molecule has 0 aromatic heterocycles. The van der Waals surface area contributed by atoms with Gasteiger partial charge in [0.25, 0.3) is 0 Å². The number of hydrogen-bond acceptors (Lipinski definition) is 2. The number of benzene rings is 1. The van der Waals surface area contributed by atoms with E-state index in [2.05, 4.69) is 0 Å². The number of aliphatic hydroxyl groups is 2. The molecule has 2 nitrogen and oxygen atoms in total. The lowest BCUT2D eigenvalue weighted by molar-refractivity contribution is 0.274. The maximum absolute atomic E-state index is 13.0. The van der Waals surface area contributed by atoms with Crippen LogP contribution in [0.3, 0.4) is 0 Å². The molecule has 3 heteroatoms. The van der Waals surface area contributed by atoms with Crippen molar-refractivity contribution in [1.82, 2.24) is 0 Å². The fourth-order valence-corrected chi connectivity index (χ4v) is 1.14. The van der Waals surface area contributed by atoms with Gasteiger partial charge in [-0.05, 0) is 23.6 Å². The highest BCUT2D eigenvalue weighted by molar-refractivity contribution is 5.28. The van der Waals surface area contributed by atoms with E-state index in [0.29, 0.717) is 11.1 Å². The second-order valence-corrected chi connectivity index (χ2v) is 2.51. The summed E-state index contributed by atoms with van der Waals surface area (Å²) in [5, 5.41) is 17.4. The summed E-state index contributed by atoms with van der Waals surface area (Å²) in [5.41, 5.74) is 0.951. The molecule has 0 radical (unpaired) electrons. The first-order valence-electron chi connectivity index (χ1n) is 3.77. The third-order valence-electron chi connectivity index (χ3n) is 1.75. The molecule has 12 heavy (non-hydrogen) atoms. The molecule has 2 N–H and O–H groups in total. The average Bonchev–Trinajstić information content (AvgIpc) is 2.09. The fraction of sp³-hybridized carbons (Fsp3) is 0.333. The number of rotatable bonds is 3. The van der Waals surface area contributed by atoms with Crippen molar-refractivity contribution in [2.75, 3.05) is 6.61 Å². The zero-order valence-electron chi connectivity index (χ0n) is 6.63. The Bertz CT molecular complexity index is 261. The van der Waals surface area contributed by atoms with Gasteiger partial charge in [-0.2, -0.15) is 0 Å². The van der Waals surface area contributed by atoms with Crippen molar-refractivity contribution in [3.8, 4) is 0 Å². The minimum atomic E-state index is -0.365. The molecule has 0 saturated carbocycles. The Kier molecular flexibility index (Phi) is 3.19. The Morgan fingerprint density at radius 1 is 1.25 bits per heavy atom. The summed E-state index contributed by atoms with van der Waals surface area (Å²) in [4.78, 5) is 0. The second-order valence-electron chi connectivity index (χ2n) is 2.51. The molecule has 0 bridgehead atoms. The van der Waals surface area contributed by atoms with Crippen molar-refractivity contribution in [3.05, 3.63) is 35.1 Å². The van der Waals surface area contributed by atoms with Gasteiger partial charge >= 0.3 is 0 Å². The van der Waals surface area contributed by atoms with Crippen LogP contribution in [0.25, 0.3) is 0 Å². The van der Waals surface area contributed by atoms with Crippen LogP contribution >= 0.6 is 0 Å². The van der Waals surface area contributed by atoms with E-state index in [4.69, 9.17) is 10.2 Å². The zero-order valence-corrected chi connectivity index (χ0v) is 6.63. The van der Waals surface area contributed by atoms with E-state index < -0.39 is 0 Å². The van der Waals surface area contributed by atoms with E-state index in [9.17, 15) is 4.39 Å². The molecule has 1 rings (SSSR count). The minimum absolute atomic E-state index is 0.103. The van der Waals surface area contributed by atoms with Crippen LogP contribution in [0.1, 0.15) is 11.1 Å². The molecule has 0 atom stereocenters. The molecule has 0 spiro atoms. The number of aliphatic hydroxyl groups excluding tert-OH is 2. The van der Waals surface area contributed by atoms with Gasteiger partial charge in [-0.15, -0.1) is 0 Å². The second kappa shape index (κ2) is 4.18. The number of hydrogen-bond donors (Lipinski definition) is 2. The first-order valence-corrected chi connectivity index (χ1v) is 3.77. The van der Waals surface area contributed by atoms with Crippen LogP contribution in [0, 0.1) is 5.82 Å². The summed E-state index contributed by atoms with van der Waals surface area (Å²) >= 11 is 0. The van der Waals surface area contributed by atoms with Gasteiger partial charge in [0.15, 0.2) is 0 Å². The average molecular weight is 170 g/mol. The van der Waals surface area contributed by atoms with Crippen LogP contribution < -0.4 is 0 Å². The summed E-state index contributed by atoms with van der Waals surface area (Å²) in [6.45, 7) is -0.291. The van der Waals surface area contributed by atoms with Crippen molar-refractivity contribution >= 4 is 0 Å². The summed E-state index contributed by atoms with van der Waals surface area (Å²) in [6.07, 6.45) is 0.253. The highest BCUT2D eigenvalue weighted by atomic mass is 19.1. The summed E-state index contributed by atoms with van der Waals surface area (Å²) in [5.74, 6) is -0.365. The highest BCUT2D eigenvalue weighted by Crippen LogP contribution is 2.13. The molecule has 0 aliphatic carbocycles. The van der Waals surface area contributed by atoms with Gasteiger partial charge in [0, 0.05) is 6.61 Å². The van der Waals surface area contributed by atoms with Gasteiger partial charge in [0.2, 0.25) is 0 Å². The maximum Gasteiger partial charge on any atom is 0.126 e. The molecule has 0 aliphatic heterocycles. The summed E-state index contributed by atoms with van der Waals surface area (Å²) < 4.78 is 13.0. The van der Waals surface area contributed by atoms with Crippen LogP contribution in [0.4, 0.5) is 4.39 Å². The minimum Gasteiger partial charge on any atom is -0.396 e. The van der Waals surface area contributed by atoms with Gasteiger partial charge < -0.3 is 10.2 Å². The first kappa shape index (κ1) is 9.16. The van der Waals surface area contributed by atoms with E-state index in [1.54, 1.807) is 12.1 Å². The third kappa shape index (κ3) is 1.81. The molecule has 0 amide bonds. The van der Waals surface area contributed by atoms with Crippen LogP contribution in [-0.4, -0.2) is 16.8 Å². The van der Waals surface area contributed by atoms with Crippen LogP contribution in [-0.2, 0) is 13.0 Å². The lowest BCUT2D eigenvalue weighted by Gasteiger charge is -2.05. The summed E-state index contributed by atoms with van der Waals surface area (Å²) in [6, 6.07) is 4.51. The van der Waals surface area contributed by atoms with Crippen LogP contribution in [0.15, 0.2) is 18.2 Å². The summed E-state index contributed by atoms with van der Waals surface area (Å²) in [7, 11) is 0. The largest absolute Gasteiger partial charge is 0.396 e. The predicted molar refractivity (Wildman–Crippen MR) is 43.1 cm³/mol. The lowest BCUT2D eigenvalue weighted by atomic mass is 10.1. The van der Waals surface area contributed by atoms with E-state index >= 15 is 0 Å². The normalized spacial score (nSPS) is 10.2. The Hall–Kier alpha value is -0.930. The van der Waals surface area contributed by atoms with E-state index in [1.807, 2.05) is 0 Å². The molecule has 0 heterocycles. The predicted octanol–water partition coefficient (Wildman–Crippen LogP) is 0.853. The third-order valence-corrected chi connectivity index (χ3v) is 1.75. The van der Waals surface area contributed by atoms with Gasteiger partial charge in [0.1, 0.15) is 5.82 Å². The van der Waals surface area contributed by atoms with Gasteiger partial charge in [-0.3, -0.25) is 0 Å². The van der Waals surface area contributed by atoms with Gasteiger partial charge in [-0.25, -0.2) is 4.39 Å². The van der Waals surface area contributed by atoms with Crippen molar-refractivity contribution in [2.24, 2.45) is 0 Å². The lowest BCUT2D eigenvalue weighted by Crippen LogP contribution is -2.00. The topological polar surface area (TPSA) is 40.5 Å². The molecule has 1 aromatic rings. The van der Waals surface area contributed by atoms with Crippen molar-refractivity contribution in [3.63, 3.8) is 0 Å². The Labute approximate surface area is 70.3 Å². The van der Waals surface area contributed by atoms with Gasteiger partial charge in [-0.1, -0.05) is 12.1 Å². The Morgan fingerprint density at radius 3 is 2.58 bits per heavy atom. The van der Waals surface area contributed by atoms with Crippen molar-refractivity contribution in [2.45, 2.75) is 13.0 Å². The smallest absolute Gasteiger partial charge is 0.126 e. The highest BCUT2D eigenvalue weighted by Gasteiger charge is 2.05. The maximum atomic E-state index is 13.0. The molecule has 1 aromatic carbocycles. The van der Waals surface area contributed by atoms with E-state index in [1.165, 1.54) is 6.07 Å². The monoisotopic (exact) mass is 170 g/mol. The van der Waals surface area contributed by atoms with Crippen LogP contribution in [0.2, 0.25) is 0 Å². The fourth-order valence-electron chi connectivity index (χ4n) is 1.14. The van der Waals surface area contributed by atoms with Crippen molar-refractivity contribution < 1.29 is 14.6 Å². The van der Waals surface area contributed by atoms with Crippen LogP contribution in [0.5, 0.6) is 0 Å². The molecular weight excluding hydrogens is 159 g/mol. The molecule has 0 unspecified atom stereocenters. The Morgan fingerprint density at radius 2 is 2.00 bits per heavy atom. The number of halogens is 1. The van der Waals surface area contributed by atoms with Gasteiger partial charge in [0.05, 0.1) is 6.61 Å². The first-order chi connectivity index (χ1) is 5.79. The van der Waals surface area contributed by atoms with E-state index in [0.717, 1.165) is 0 Å². The Balaban J connectivity index is 3.02. The van der Waals surface area contributed by atoms with E-state index in [-0.39, 0.29) is 25.5 Å². The SMILES string of the molecule is OCCc1c(F)cccc1CO. The zero-order chi connectivity index (χ0) is 8.97. The molecule has 66 valence electrons.